The van der Waals surface area contributed by atoms with Crippen molar-refractivity contribution in [3.63, 3.8) is 0 Å². The van der Waals surface area contributed by atoms with Gasteiger partial charge in [-0.25, -0.2) is 4.68 Å². The molecular weight excluding hydrogens is 464 g/mol. The molecule has 4 aromatic rings. The molecule has 10 heteroatoms. The highest BCUT2D eigenvalue weighted by Crippen LogP contribution is 2.20. The molecule has 4 heterocycles. The number of carbonyl (C=O) groups excluding carboxylic acids is 1. The van der Waals surface area contributed by atoms with Crippen LogP contribution in [0.4, 0.5) is 0 Å². The number of nitrogens with one attached hydrogen (secondary N) is 1. The van der Waals surface area contributed by atoms with E-state index in [0.717, 1.165) is 48.8 Å². The van der Waals surface area contributed by atoms with Crippen LogP contribution in [-0.4, -0.2) is 66.1 Å². The summed E-state index contributed by atoms with van der Waals surface area (Å²) in [6, 6.07) is 14.5. The van der Waals surface area contributed by atoms with E-state index in [0.29, 0.717) is 24.3 Å². The van der Waals surface area contributed by atoms with Crippen LogP contribution in [0.25, 0.3) is 11.5 Å². The highest BCUT2D eigenvalue weighted by molar-refractivity contribution is 5.85. The van der Waals surface area contributed by atoms with E-state index < -0.39 is 0 Å². The molecule has 0 aliphatic carbocycles. The minimum atomic E-state index is 0. The van der Waals surface area contributed by atoms with Crippen molar-refractivity contribution in [2.75, 3.05) is 19.6 Å². The van der Waals surface area contributed by atoms with Gasteiger partial charge in [-0.1, -0.05) is 30.3 Å². The van der Waals surface area contributed by atoms with Crippen molar-refractivity contribution >= 4 is 24.0 Å². The van der Waals surface area contributed by atoms with Crippen LogP contribution in [0.5, 0.6) is 0 Å². The van der Waals surface area contributed by atoms with E-state index in [4.69, 9.17) is 5.10 Å². The molecule has 3 aromatic heterocycles. The van der Waals surface area contributed by atoms with Gasteiger partial charge in [-0.2, -0.15) is 9.61 Å². The highest BCUT2D eigenvalue weighted by Gasteiger charge is 2.24. The Labute approximate surface area is 210 Å². The maximum atomic E-state index is 13.1. The molecule has 0 spiro atoms. The van der Waals surface area contributed by atoms with Crippen LogP contribution in [0.15, 0.2) is 42.5 Å². The van der Waals surface area contributed by atoms with Crippen LogP contribution in [0.2, 0.25) is 0 Å². The number of carbonyl (C=O) groups is 1. The summed E-state index contributed by atoms with van der Waals surface area (Å²) in [5, 5.41) is 21.1. The van der Waals surface area contributed by atoms with Crippen LogP contribution >= 0.6 is 12.4 Å². The molecule has 1 amide bonds. The number of halogens is 1. The predicted octanol–water partition coefficient (Wildman–Crippen LogP) is 2.63. The van der Waals surface area contributed by atoms with Crippen molar-refractivity contribution in [1.82, 2.24) is 39.8 Å². The van der Waals surface area contributed by atoms with Gasteiger partial charge in [0.2, 0.25) is 5.91 Å². The van der Waals surface area contributed by atoms with Gasteiger partial charge in [0.25, 0.3) is 0 Å². The first-order chi connectivity index (χ1) is 16.5. The lowest BCUT2D eigenvalue weighted by atomic mass is 10.0. The quantitative estimate of drug-likeness (QED) is 0.443. The van der Waals surface area contributed by atoms with Gasteiger partial charge < -0.3 is 10.2 Å². The van der Waals surface area contributed by atoms with E-state index >= 15 is 0 Å². The summed E-state index contributed by atoms with van der Waals surface area (Å²) in [6.07, 6.45) is 2.07. The number of hydrogen-bond acceptors (Lipinski definition) is 6. The average Bonchev–Trinajstić information content (AvgIpc) is 3.36. The zero-order valence-electron chi connectivity index (χ0n) is 20.3. The SMILES string of the molecule is Cc1nn(-c2ccc3nnc(C)n3n2)c(C)c1CCC(=O)N1CCNC(Cc2ccccc2)C1.Cl. The van der Waals surface area contributed by atoms with E-state index in [-0.39, 0.29) is 24.4 Å². The molecule has 9 nitrogen and oxygen atoms in total. The fourth-order valence-corrected chi connectivity index (χ4v) is 4.74. The van der Waals surface area contributed by atoms with E-state index in [1.165, 1.54) is 5.56 Å². The molecule has 1 N–H and O–H groups in total. The van der Waals surface area contributed by atoms with Gasteiger partial charge >= 0.3 is 0 Å². The Morgan fingerprint density at radius 3 is 2.66 bits per heavy atom. The lowest BCUT2D eigenvalue weighted by Crippen LogP contribution is -2.53. The summed E-state index contributed by atoms with van der Waals surface area (Å²) >= 11 is 0. The van der Waals surface area contributed by atoms with Crippen LogP contribution in [0, 0.1) is 20.8 Å². The molecule has 1 saturated heterocycles. The fraction of sp³-hybridized carbons (Fsp3) is 0.400. The minimum Gasteiger partial charge on any atom is -0.340 e. The summed E-state index contributed by atoms with van der Waals surface area (Å²) in [5.41, 5.74) is 5.03. The second kappa shape index (κ2) is 10.5. The molecule has 0 saturated carbocycles. The largest absolute Gasteiger partial charge is 0.340 e. The molecule has 1 aliphatic heterocycles. The topological polar surface area (TPSA) is 93.2 Å². The van der Waals surface area contributed by atoms with Gasteiger partial charge in [-0.05, 0) is 56.9 Å². The molecule has 0 radical (unpaired) electrons. The first kappa shape index (κ1) is 24.8. The number of nitrogens with zero attached hydrogens (tertiary/aromatic N) is 7. The zero-order chi connectivity index (χ0) is 23.7. The normalized spacial score (nSPS) is 15.9. The van der Waals surface area contributed by atoms with Gasteiger partial charge in [0.05, 0.1) is 5.69 Å². The standard InChI is InChI=1S/C25H30N8O.ClH/c1-17-22(18(2)32(29-17)24-11-10-23-28-27-19(3)33(23)30-24)9-12-25(34)31-14-13-26-21(16-31)15-20-7-5-4-6-8-20;/h4-8,10-11,21,26H,9,12-16H2,1-3H3;1H. The molecule has 5 rings (SSSR count). The van der Waals surface area contributed by atoms with Crippen molar-refractivity contribution in [2.24, 2.45) is 0 Å². The highest BCUT2D eigenvalue weighted by atomic mass is 35.5. The average molecular weight is 495 g/mol. The molecule has 35 heavy (non-hydrogen) atoms. The molecular formula is C25H31ClN8O. The smallest absolute Gasteiger partial charge is 0.223 e. The number of fused-ring (bicyclic) bond motifs is 1. The number of benzene rings is 1. The second-order valence-electron chi connectivity index (χ2n) is 8.95. The lowest BCUT2D eigenvalue weighted by Gasteiger charge is -2.34. The second-order valence-corrected chi connectivity index (χ2v) is 8.95. The van der Waals surface area contributed by atoms with Crippen LogP contribution in [0.1, 0.15) is 34.8 Å². The Balaban J connectivity index is 0.00000289. The minimum absolute atomic E-state index is 0. The number of rotatable bonds is 6. The molecule has 1 fully saturated rings. The van der Waals surface area contributed by atoms with Gasteiger partial charge in [0.15, 0.2) is 17.3 Å². The predicted molar refractivity (Wildman–Crippen MR) is 136 cm³/mol. The summed E-state index contributed by atoms with van der Waals surface area (Å²) in [4.78, 5) is 15.1. The van der Waals surface area contributed by atoms with Crippen LogP contribution < -0.4 is 5.32 Å². The Morgan fingerprint density at radius 1 is 1.06 bits per heavy atom. The van der Waals surface area contributed by atoms with Crippen molar-refractivity contribution < 1.29 is 4.79 Å². The third-order valence-corrected chi connectivity index (χ3v) is 6.58. The first-order valence-corrected chi connectivity index (χ1v) is 11.8. The number of aromatic nitrogens is 6. The number of aryl methyl sites for hydroxylation is 2. The third-order valence-electron chi connectivity index (χ3n) is 6.58. The van der Waals surface area contributed by atoms with Crippen LogP contribution in [-0.2, 0) is 17.6 Å². The fourth-order valence-electron chi connectivity index (χ4n) is 4.74. The number of hydrogen-bond donors (Lipinski definition) is 1. The van der Waals surface area contributed by atoms with Crippen molar-refractivity contribution in [3.05, 3.63) is 70.8 Å². The molecule has 184 valence electrons. The Hall–Kier alpha value is -3.30. The molecule has 0 bridgehead atoms. The Kier molecular flexibility index (Phi) is 7.47. The first-order valence-electron chi connectivity index (χ1n) is 11.8. The monoisotopic (exact) mass is 494 g/mol. The van der Waals surface area contributed by atoms with Crippen LogP contribution in [0.3, 0.4) is 0 Å². The third kappa shape index (κ3) is 5.21. The lowest BCUT2D eigenvalue weighted by molar-refractivity contribution is -0.132. The molecule has 1 unspecified atom stereocenters. The number of piperazine rings is 1. The van der Waals surface area contributed by atoms with Gasteiger partial charge in [-0.3, -0.25) is 4.79 Å². The molecule has 1 aromatic carbocycles. The Morgan fingerprint density at radius 2 is 1.86 bits per heavy atom. The van der Waals surface area contributed by atoms with Gasteiger partial charge in [0.1, 0.15) is 0 Å². The van der Waals surface area contributed by atoms with Gasteiger partial charge in [0, 0.05) is 37.8 Å². The van der Waals surface area contributed by atoms with E-state index in [9.17, 15) is 4.79 Å². The number of amides is 1. The van der Waals surface area contributed by atoms with E-state index in [1.54, 1.807) is 4.52 Å². The van der Waals surface area contributed by atoms with E-state index in [1.807, 2.05) is 48.6 Å². The van der Waals surface area contributed by atoms with Crippen molar-refractivity contribution in [2.45, 2.75) is 46.1 Å². The molecule has 1 aliphatic rings. The maximum absolute atomic E-state index is 13.1. The summed E-state index contributed by atoms with van der Waals surface area (Å²) < 4.78 is 3.56. The summed E-state index contributed by atoms with van der Waals surface area (Å²) in [7, 11) is 0. The maximum Gasteiger partial charge on any atom is 0.223 e. The summed E-state index contributed by atoms with van der Waals surface area (Å²) in [6.45, 7) is 8.22. The van der Waals surface area contributed by atoms with Crippen molar-refractivity contribution in [1.29, 1.82) is 0 Å². The van der Waals surface area contributed by atoms with Gasteiger partial charge in [-0.15, -0.1) is 27.7 Å². The van der Waals surface area contributed by atoms with Crippen molar-refractivity contribution in [3.8, 4) is 5.82 Å². The Bertz CT molecular complexity index is 1320. The zero-order valence-corrected chi connectivity index (χ0v) is 21.1. The van der Waals surface area contributed by atoms with E-state index in [2.05, 4.69) is 44.9 Å². The summed E-state index contributed by atoms with van der Waals surface area (Å²) in [5.74, 6) is 1.64. The molecule has 1 atom stereocenters.